The summed E-state index contributed by atoms with van der Waals surface area (Å²) in [5.41, 5.74) is 3.50. The van der Waals surface area contributed by atoms with Crippen LogP contribution in [0, 0.1) is 11.8 Å². The quantitative estimate of drug-likeness (QED) is 0.272. The van der Waals surface area contributed by atoms with E-state index < -0.39 is 17.8 Å². The number of rotatable bonds is 12. The van der Waals surface area contributed by atoms with Crippen LogP contribution in [0.25, 0.3) is 11.1 Å². The molecule has 2 aromatic carbocycles. The van der Waals surface area contributed by atoms with E-state index in [4.69, 9.17) is 23.7 Å². The number of hydrogen-bond donors (Lipinski definition) is 1. The number of morpholine rings is 1. The second kappa shape index (κ2) is 14.9. The van der Waals surface area contributed by atoms with Gasteiger partial charge in [-0.3, -0.25) is 9.69 Å². The summed E-state index contributed by atoms with van der Waals surface area (Å²) in [7, 11) is 1.41. The maximum atomic E-state index is 12.5. The summed E-state index contributed by atoms with van der Waals surface area (Å²) in [6.07, 6.45) is 6.23. The molecule has 2 saturated heterocycles. The summed E-state index contributed by atoms with van der Waals surface area (Å²) in [4.78, 5) is 14.9. The Morgan fingerprint density at radius 1 is 1.07 bits per heavy atom. The monoisotopic (exact) mass is 593 g/mol. The van der Waals surface area contributed by atoms with Gasteiger partial charge in [0.05, 0.1) is 57.8 Å². The fourth-order valence-corrected chi connectivity index (χ4v) is 6.74. The fourth-order valence-electron chi connectivity index (χ4n) is 6.74. The zero-order chi connectivity index (χ0) is 30.2. The van der Waals surface area contributed by atoms with Crippen LogP contribution in [-0.4, -0.2) is 86.1 Å². The predicted molar refractivity (Wildman–Crippen MR) is 164 cm³/mol. The summed E-state index contributed by atoms with van der Waals surface area (Å²) in [5, 5.41) is 11.2. The van der Waals surface area contributed by atoms with Crippen LogP contribution in [0.5, 0.6) is 0 Å². The Morgan fingerprint density at radius 2 is 1.79 bits per heavy atom. The first-order chi connectivity index (χ1) is 20.8. The van der Waals surface area contributed by atoms with Crippen LogP contribution >= 0.6 is 0 Å². The van der Waals surface area contributed by atoms with Crippen molar-refractivity contribution in [2.24, 2.45) is 11.8 Å². The van der Waals surface area contributed by atoms with Crippen LogP contribution in [-0.2, 0) is 35.1 Å². The minimum atomic E-state index is -0.697. The highest BCUT2D eigenvalue weighted by Crippen LogP contribution is 2.37. The largest absolute Gasteiger partial charge is 0.469 e. The van der Waals surface area contributed by atoms with Gasteiger partial charge in [0, 0.05) is 31.5 Å². The van der Waals surface area contributed by atoms with Crippen molar-refractivity contribution in [3.05, 3.63) is 72.3 Å². The molecule has 8 heteroatoms. The Balaban J connectivity index is 1.20. The van der Waals surface area contributed by atoms with Gasteiger partial charge in [0.1, 0.15) is 0 Å². The van der Waals surface area contributed by atoms with Crippen molar-refractivity contribution in [3.63, 3.8) is 0 Å². The first kappa shape index (κ1) is 31.8. The van der Waals surface area contributed by atoms with Crippen LogP contribution < -0.4 is 0 Å². The SMILES string of the molecule is COC(=O)C(CC=CCC[C@@H]1[C@@H](N2CCOCC2)[C@H](O)C[C@@H]1OCc1ccc(-c2ccccc2)cc1)C1COC(C)(C)O1. The fraction of sp³-hybridized carbons (Fsp3) is 0.571. The maximum absolute atomic E-state index is 12.5. The zero-order valence-electron chi connectivity index (χ0n) is 25.7. The third-order valence-electron chi connectivity index (χ3n) is 8.98. The van der Waals surface area contributed by atoms with Gasteiger partial charge in [0.15, 0.2) is 5.79 Å². The standard InChI is InChI=1S/C35H47NO7/c1-35(2)42-24-32(43-35)29(34(38)39-3)13-9-5-8-12-28-31(22-30(37)33(28)36-18-20-40-21-19-36)41-23-25-14-16-27(17-15-25)26-10-6-4-7-11-26/h4-7,9-11,14-17,28-33,37H,8,12-13,18-24H2,1-3H3/t28-,29?,30+,31-,32?,33+/m0/s1. The maximum Gasteiger partial charge on any atom is 0.311 e. The molecule has 1 aliphatic carbocycles. The third-order valence-corrected chi connectivity index (χ3v) is 8.98. The number of aliphatic hydroxyl groups excluding tert-OH is 1. The lowest BCUT2D eigenvalue weighted by Gasteiger charge is -2.38. The van der Waals surface area contributed by atoms with E-state index in [1.54, 1.807) is 0 Å². The molecule has 2 aromatic rings. The molecule has 0 spiro atoms. The Labute approximate surface area is 255 Å². The van der Waals surface area contributed by atoms with Crippen LogP contribution in [0.4, 0.5) is 0 Å². The number of esters is 1. The minimum absolute atomic E-state index is 0.0387. The second-order valence-electron chi connectivity index (χ2n) is 12.3. The molecule has 5 rings (SSSR count). The number of hydrogen-bond acceptors (Lipinski definition) is 8. The topological polar surface area (TPSA) is 86.7 Å². The summed E-state index contributed by atoms with van der Waals surface area (Å²) in [5.74, 6) is -1.21. The van der Waals surface area contributed by atoms with Crippen molar-refractivity contribution in [2.45, 2.75) is 76.3 Å². The smallest absolute Gasteiger partial charge is 0.311 e. The highest BCUT2D eigenvalue weighted by molar-refractivity contribution is 5.73. The average Bonchev–Trinajstić information content (AvgIpc) is 3.55. The van der Waals surface area contributed by atoms with E-state index in [1.165, 1.54) is 18.2 Å². The minimum Gasteiger partial charge on any atom is -0.469 e. The molecule has 6 atom stereocenters. The summed E-state index contributed by atoms with van der Waals surface area (Å²) < 4.78 is 28.8. The van der Waals surface area contributed by atoms with Gasteiger partial charge in [-0.25, -0.2) is 0 Å². The van der Waals surface area contributed by atoms with E-state index in [0.717, 1.165) is 31.5 Å². The molecule has 234 valence electrons. The highest BCUT2D eigenvalue weighted by Gasteiger charge is 2.46. The first-order valence-electron chi connectivity index (χ1n) is 15.6. The number of methoxy groups -OCH3 is 1. The van der Waals surface area contributed by atoms with E-state index in [0.29, 0.717) is 39.3 Å². The van der Waals surface area contributed by atoms with Crippen molar-refractivity contribution in [1.29, 1.82) is 0 Å². The lowest BCUT2D eigenvalue weighted by Crippen LogP contribution is -2.50. The molecule has 0 radical (unpaired) electrons. The van der Waals surface area contributed by atoms with Gasteiger partial charge < -0.3 is 28.8 Å². The Hall–Kier alpha value is -2.59. The van der Waals surface area contributed by atoms with Crippen molar-refractivity contribution in [3.8, 4) is 11.1 Å². The summed E-state index contributed by atoms with van der Waals surface area (Å²) in [6, 6.07) is 18.9. The molecule has 0 bridgehead atoms. The van der Waals surface area contributed by atoms with Crippen molar-refractivity contribution in [1.82, 2.24) is 4.90 Å². The van der Waals surface area contributed by atoms with Gasteiger partial charge in [-0.1, -0.05) is 66.7 Å². The molecule has 0 amide bonds. The van der Waals surface area contributed by atoms with Crippen LogP contribution in [0.3, 0.4) is 0 Å². The Morgan fingerprint density at radius 3 is 2.47 bits per heavy atom. The van der Waals surface area contributed by atoms with E-state index in [-0.39, 0.29) is 30.1 Å². The predicted octanol–water partition coefficient (Wildman–Crippen LogP) is 4.99. The first-order valence-corrected chi connectivity index (χ1v) is 15.6. The summed E-state index contributed by atoms with van der Waals surface area (Å²) in [6.45, 7) is 7.62. The van der Waals surface area contributed by atoms with Gasteiger partial charge in [-0.05, 0) is 49.8 Å². The third kappa shape index (κ3) is 8.32. The normalized spacial score (nSPS) is 28.3. The zero-order valence-corrected chi connectivity index (χ0v) is 25.7. The molecule has 1 saturated carbocycles. The van der Waals surface area contributed by atoms with Crippen molar-refractivity contribution >= 4 is 5.97 Å². The number of benzene rings is 2. The van der Waals surface area contributed by atoms with E-state index >= 15 is 0 Å². The molecule has 2 unspecified atom stereocenters. The van der Waals surface area contributed by atoms with Crippen LogP contribution in [0.15, 0.2) is 66.7 Å². The second-order valence-corrected chi connectivity index (χ2v) is 12.3. The highest BCUT2D eigenvalue weighted by atomic mass is 16.7. The molecule has 2 aliphatic heterocycles. The molecule has 2 heterocycles. The Bertz CT molecular complexity index is 1180. The molecule has 3 aliphatic rings. The molecular weight excluding hydrogens is 546 g/mol. The molecule has 1 N–H and O–H groups in total. The number of nitrogens with zero attached hydrogens (tertiary/aromatic N) is 1. The van der Waals surface area contributed by atoms with E-state index in [2.05, 4.69) is 65.6 Å². The van der Waals surface area contributed by atoms with Crippen LogP contribution in [0.2, 0.25) is 0 Å². The molecular formula is C35H47NO7. The molecule has 8 nitrogen and oxygen atoms in total. The lowest BCUT2D eigenvalue weighted by molar-refractivity contribution is -0.161. The van der Waals surface area contributed by atoms with Gasteiger partial charge in [0.2, 0.25) is 0 Å². The van der Waals surface area contributed by atoms with Gasteiger partial charge in [0.25, 0.3) is 0 Å². The molecule has 43 heavy (non-hydrogen) atoms. The van der Waals surface area contributed by atoms with Gasteiger partial charge >= 0.3 is 5.97 Å². The molecule has 0 aromatic heterocycles. The number of allylic oxidation sites excluding steroid dienone is 2. The number of carbonyl (C=O) groups is 1. The lowest BCUT2D eigenvalue weighted by atomic mass is 9.93. The van der Waals surface area contributed by atoms with Crippen molar-refractivity contribution < 1.29 is 33.6 Å². The molecule has 3 fully saturated rings. The van der Waals surface area contributed by atoms with Crippen molar-refractivity contribution in [2.75, 3.05) is 40.0 Å². The summed E-state index contributed by atoms with van der Waals surface area (Å²) >= 11 is 0. The van der Waals surface area contributed by atoms with E-state index in [9.17, 15) is 9.90 Å². The number of aliphatic hydroxyl groups is 1. The van der Waals surface area contributed by atoms with Crippen LogP contribution in [0.1, 0.15) is 45.1 Å². The number of carbonyl (C=O) groups excluding carboxylic acids is 1. The van der Waals surface area contributed by atoms with E-state index in [1.807, 2.05) is 19.9 Å². The average molecular weight is 594 g/mol. The van der Waals surface area contributed by atoms with Gasteiger partial charge in [-0.2, -0.15) is 0 Å². The Kier molecular flexibility index (Phi) is 11.0. The number of ether oxygens (including phenoxy) is 5. The van der Waals surface area contributed by atoms with Gasteiger partial charge in [-0.15, -0.1) is 0 Å².